The van der Waals surface area contributed by atoms with Crippen LogP contribution in [0.15, 0.2) is 52.7 Å². The topological polar surface area (TPSA) is 72.2 Å². The third kappa shape index (κ3) is 6.13. The van der Waals surface area contributed by atoms with Gasteiger partial charge in [0.25, 0.3) is 5.91 Å². The SMILES string of the molecule is C/C(=N/NC(=O)CSc1nnc(-c2ccc(Cl)cc2)n1C1CCCCC1)c1ccc(Cl)c(Cl)c1. The number of hydrogen-bond donors (Lipinski definition) is 1. The molecule has 1 aliphatic carbocycles. The number of hydrogen-bond acceptors (Lipinski definition) is 5. The Hall–Kier alpha value is -2.06. The molecule has 0 unspecified atom stereocenters. The van der Waals surface area contributed by atoms with E-state index in [0.29, 0.717) is 26.8 Å². The summed E-state index contributed by atoms with van der Waals surface area (Å²) < 4.78 is 2.19. The molecule has 0 bridgehead atoms. The number of benzene rings is 2. The van der Waals surface area contributed by atoms with Gasteiger partial charge in [-0.1, -0.05) is 71.9 Å². The van der Waals surface area contributed by atoms with Gasteiger partial charge in [0.2, 0.25) is 0 Å². The molecular formula is C24H24Cl3N5OS. The number of hydrazone groups is 1. The van der Waals surface area contributed by atoms with Gasteiger partial charge < -0.3 is 0 Å². The third-order valence-corrected chi connectivity index (χ3v) is 7.66. The number of thioether (sulfide) groups is 1. The molecule has 0 spiro atoms. The molecule has 1 N–H and O–H groups in total. The van der Waals surface area contributed by atoms with Crippen LogP contribution in [0.25, 0.3) is 11.4 Å². The van der Waals surface area contributed by atoms with Crippen LogP contribution >= 0.6 is 46.6 Å². The molecule has 1 amide bonds. The highest BCUT2D eigenvalue weighted by atomic mass is 35.5. The van der Waals surface area contributed by atoms with Crippen LogP contribution in [0.2, 0.25) is 15.1 Å². The molecule has 1 saturated carbocycles. The summed E-state index contributed by atoms with van der Waals surface area (Å²) in [4.78, 5) is 12.5. The molecule has 0 radical (unpaired) electrons. The van der Waals surface area contributed by atoms with Crippen LogP contribution in [0.5, 0.6) is 0 Å². The van der Waals surface area contributed by atoms with Crippen LogP contribution in [0.3, 0.4) is 0 Å². The fourth-order valence-corrected chi connectivity index (χ4v) is 5.16. The number of aromatic nitrogens is 3. The number of nitrogens with zero attached hydrogens (tertiary/aromatic N) is 4. The van der Waals surface area contributed by atoms with E-state index in [1.165, 1.54) is 31.0 Å². The molecule has 178 valence electrons. The van der Waals surface area contributed by atoms with Crippen LogP contribution in [-0.4, -0.2) is 32.1 Å². The molecule has 34 heavy (non-hydrogen) atoms. The van der Waals surface area contributed by atoms with Gasteiger partial charge in [0, 0.05) is 16.6 Å². The van der Waals surface area contributed by atoms with E-state index in [1.54, 1.807) is 25.1 Å². The second-order valence-corrected chi connectivity index (χ2v) is 10.3. The predicted molar refractivity (Wildman–Crippen MR) is 140 cm³/mol. The van der Waals surface area contributed by atoms with Crippen molar-refractivity contribution in [3.63, 3.8) is 0 Å². The standard InChI is InChI=1S/C24H24Cl3N5OS/c1-15(17-9-12-20(26)21(27)13-17)28-29-22(33)14-34-24-31-30-23(16-7-10-18(25)11-8-16)32(24)19-5-3-2-4-6-19/h7-13,19H,2-6,14H2,1H3,(H,29,33)/b28-15-. The zero-order valence-corrected chi connectivity index (χ0v) is 21.7. The molecule has 3 aromatic rings. The second kappa shape index (κ2) is 11.6. The Kier molecular flexibility index (Phi) is 8.53. The molecule has 0 atom stereocenters. The summed E-state index contributed by atoms with van der Waals surface area (Å²) >= 11 is 19.5. The number of rotatable bonds is 7. The van der Waals surface area contributed by atoms with Crippen LogP contribution in [0.4, 0.5) is 0 Å². The van der Waals surface area contributed by atoms with Gasteiger partial charge >= 0.3 is 0 Å². The van der Waals surface area contributed by atoms with Crippen molar-refractivity contribution in [2.24, 2.45) is 5.10 Å². The number of amides is 1. The average Bonchev–Trinajstić information content (AvgIpc) is 3.28. The van der Waals surface area contributed by atoms with Crippen LogP contribution in [-0.2, 0) is 4.79 Å². The first kappa shape index (κ1) is 25.0. The minimum Gasteiger partial charge on any atom is -0.299 e. The van der Waals surface area contributed by atoms with Gasteiger partial charge in [0.15, 0.2) is 11.0 Å². The van der Waals surface area contributed by atoms with Crippen molar-refractivity contribution in [2.75, 3.05) is 5.75 Å². The summed E-state index contributed by atoms with van der Waals surface area (Å²) in [6.07, 6.45) is 5.75. The Bertz CT molecular complexity index is 1190. The van der Waals surface area contributed by atoms with Gasteiger partial charge in [-0.25, -0.2) is 5.43 Å². The summed E-state index contributed by atoms with van der Waals surface area (Å²) in [5.41, 5.74) is 4.98. The van der Waals surface area contributed by atoms with Crippen LogP contribution in [0, 0.1) is 0 Å². The third-order valence-electron chi connectivity index (χ3n) is 5.72. The van der Waals surface area contributed by atoms with Crippen LogP contribution < -0.4 is 5.43 Å². The van der Waals surface area contributed by atoms with Gasteiger partial charge in [-0.15, -0.1) is 10.2 Å². The molecule has 0 aliphatic heterocycles. The molecule has 4 rings (SSSR count). The summed E-state index contributed by atoms with van der Waals surface area (Å²) in [6.45, 7) is 1.80. The van der Waals surface area contributed by atoms with E-state index in [0.717, 1.165) is 34.9 Å². The number of nitrogens with one attached hydrogen (secondary N) is 1. The zero-order valence-electron chi connectivity index (χ0n) is 18.6. The minimum absolute atomic E-state index is 0.170. The van der Waals surface area contributed by atoms with E-state index in [2.05, 4.69) is 25.3 Å². The first-order chi connectivity index (χ1) is 16.4. The smallest absolute Gasteiger partial charge is 0.250 e. The van der Waals surface area contributed by atoms with Gasteiger partial charge in [0.05, 0.1) is 21.5 Å². The molecule has 1 aliphatic rings. The first-order valence-corrected chi connectivity index (χ1v) is 13.2. The fourth-order valence-electron chi connectivity index (χ4n) is 3.93. The highest BCUT2D eigenvalue weighted by molar-refractivity contribution is 7.99. The Morgan fingerprint density at radius 1 is 1.06 bits per heavy atom. The highest BCUT2D eigenvalue weighted by Crippen LogP contribution is 2.35. The summed E-state index contributed by atoms with van der Waals surface area (Å²) in [5.74, 6) is 0.750. The Labute approximate surface area is 218 Å². The summed E-state index contributed by atoms with van der Waals surface area (Å²) in [7, 11) is 0. The minimum atomic E-state index is -0.226. The quantitative estimate of drug-likeness (QED) is 0.200. The van der Waals surface area contributed by atoms with Crippen molar-refractivity contribution in [2.45, 2.75) is 50.2 Å². The van der Waals surface area contributed by atoms with Gasteiger partial charge in [0.1, 0.15) is 0 Å². The lowest BCUT2D eigenvalue weighted by Crippen LogP contribution is -2.22. The zero-order chi connectivity index (χ0) is 24.1. The second-order valence-electron chi connectivity index (χ2n) is 8.12. The Morgan fingerprint density at radius 2 is 1.79 bits per heavy atom. The van der Waals surface area contributed by atoms with E-state index < -0.39 is 0 Å². The maximum Gasteiger partial charge on any atom is 0.250 e. The Balaban J connectivity index is 1.47. The average molecular weight is 537 g/mol. The molecule has 1 heterocycles. The molecule has 2 aromatic carbocycles. The lowest BCUT2D eigenvalue weighted by atomic mass is 9.95. The van der Waals surface area contributed by atoms with Crippen molar-refractivity contribution < 1.29 is 4.79 Å². The van der Waals surface area contributed by atoms with Gasteiger partial charge in [-0.3, -0.25) is 9.36 Å². The lowest BCUT2D eigenvalue weighted by molar-refractivity contribution is -0.118. The number of carbonyl (C=O) groups excluding carboxylic acids is 1. The summed E-state index contributed by atoms with van der Waals surface area (Å²) in [5, 5.41) is 15.4. The van der Waals surface area contributed by atoms with Gasteiger partial charge in [-0.05, 0) is 61.7 Å². The maximum absolute atomic E-state index is 12.5. The maximum atomic E-state index is 12.5. The van der Waals surface area contributed by atoms with E-state index in [9.17, 15) is 4.79 Å². The largest absolute Gasteiger partial charge is 0.299 e. The van der Waals surface area contributed by atoms with E-state index >= 15 is 0 Å². The number of halogens is 3. The Morgan fingerprint density at radius 3 is 2.50 bits per heavy atom. The fraction of sp³-hybridized carbons (Fsp3) is 0.333. The van der Waals surface area contributed by atoms with Crippen molar-refractivity contribution in [1.29, 1.82) is 0 Å². The first-order valence-electron chi connectivity index (χ1n) is 11.0. The van der Waals surface area contributed by atoms with E-state index in [1.807, 2.05) is 24.3 Å². The molecule has 1 aromatic heterocycles. The van der Waals surface area contributed by atoms with Crippen molar-refractivity contribution in [3.8, 4) is 11.4 Å². The normalized spacial score (nSPS) is 14.9. The molecular weight excluding hydrogens is 513 g/mol. The molecule has 1 fully saturated rings. The monoisotopic (exact) mass is 535 g/mol. The highest BCUT2D eigenvalue weighted by Gasteiger charge is 2.24. The molecule has 10 heteroatoms. The lowest BCUT2D eigenvalue weighted by Gasteiger charge is -2.25. The van der Waals surface area contributed by atoms with Crippen molar-refractivity contribution in [3.05, 3.63) is 63.1 Å². The van der Waals surface area contributed by atoms with E-state index in [4.69, 9.17) is 34.8 Å². The van der Waals surface area contributed by atoms with Crippen molar-refractivity contribution in [1.82, 2.24) is 20.2 Å². The predicted octanol–water partition coefficient (Wildman–Crippen LogP) is 7.04. The molecule has 6 nitrogen and oxygen atoms in total. The summed E-state index contributed by atoms with van der Waals surface area (Å²) in [6, 6.07) is 13.1. The van der Waals surface area contributed by atoms with Crippen LogP contribution in [0.1, 0.15) is 50.6 Å². The van der Waals surface area contributed by atoms with Gasteiger partial charge in [-0.2, -0.15) is 5.10 Å². The molecule has 0 saturated heterocycles. The van der Waals surface area contributed by atoms with Crippen molar-refractivity contribution >= 4 is 58.2 Å². The van der Waals surface area contributed by atoms with E-state index in [-0.39, 0.29) is 11.7 Å². The number of carbonyl (C=O) groups is 1.